The lowest BCUT2D eigenvalue weighted by Gasteiger charge is -2.40. The monoisotopic (exact) mass is 663 g/mol. The Morgan fingerprint density at radius 3 is 2.13 bits per heavy atom. The SMILES string of the molecule is Cc1ccc(CCN(C)C(CC(NC(=O)CNC(=O)c2cc(C(F)(F)F)ccc2NC(=O)OC(C)(C)C)C(N)=O)C(C)(C)C)c(C)c1. The van der Waals surface area contributed by atoms with Gasteiger partial charge in [0.05, 0.1) is 23.4 Å². The van der Waals surface area contributed by atoms with Gasteiger partial charge in [-0.25, -0.2) is 4.79 Å². The molecule has 2 aromatic rings. The molecule has 47 heavy (non-hydrogen) atoms. The highest BCUT2D eigenvalue weighted by Gasteiger charge is 2.34. The summed E-state index contributed by atoms with van der Waals surface area (Å²) in [6, 6.07) is 7.20. The van der Waals surface area contributed by atoms with E-state index in [0.29, 0.717) is 18.7 Å². The molecule has 0 radical (unpaired) electrons. The van der Waals surface area contributed by atoms with Crippen LogP contribution in [0, 0.1) is 19.3 Å². The molecule has 2 unspecified atom stereocenters. The van der Waals surface area contributed by atoms with Crippen molar-refractivity contribution in [2.45, 2.75) is 92.1 Å². The fourth-order valence-electron chi connectivity index (χ4n) is 5.18. The second kappa shape index (κ2) is 15.6. The number of carbonyl (C=O) groups is 4. The zero-order valence-corrected chi connectivity index (χ0v) is 28.6. The van der Waals surface area contributed by atoms with Crippen molar-refractivity contribution in [3.05, 3.63) is 64.2 Å². The number of alkyl halides is 3. The van der Waals surface area contributed by atoms with Crippen molar-refractivity contribution < 1.29 is 37.1 Å². The highest BCUT2D eigenvalue weighted by Crippen LogP contribution is 2.32. The number of nitrogens with two attached hydrogens (primary N) is 1. The molecule has 4 amide bonds. The zero-order valence-electron chi connectivity index (χ0n) is 28.6. The van der Waals surface area contributed by atoms with E-state index in [1.165, 1.54) is 16.7 Å². The number of ether oxygens (including phenoxy) is 1. The Kier molecular flexibility index (Phi) is 13.0. The maximum Gasteiger partial charge on any atom is 0.416 e. The number of halogens is 3. The quantitative estimate of drug-likeness (QED) is 0.241. The second-order valence-electron chi connectivity index (χ2n) is 13.9. The number of anilines is 1. The maximum atomic E-state index is 13.4. The Hall–Kier alpha value is -4.13. The summed E-state index contributed by atoms with van der Waals surface area (Å²) in [6.45, 7) is 14.9. The van der Waals surface area contributed by atoms with E-state index in [1.54, 1.807) is 20.8 Å². The molecule has 260 valence electrons. The van der Waals surface area contributed by atoms with Crippen LogP contribution in [0.3, 0.4) is 0 Å². The number of aryl methyl sites for hydroxylation is 2. The minimum Gasteiger partial charge on any atom is -0.444 e. The van der Waals surface area contributed by atoms with Gasteiger partial charge >= 0.3 is 12.3 Å². The molecule has 0 aromatic heterocycles. The topological polar surface area (TPSA) is 143 Å². The van der Waals surface area contributed by atoms with Crippen molar-refractivity contribution in [1.82, 2.24) is 15.5 Å². The Morgan fingerprint density at radius 2 is 1.60 bits per heavy atom. The minimum atomic E-state index is -4.78. The van der Waals surface area contributed by atoms with Crippen LogP contribution in [0.2, 0.25) is 0 Å². The number of nitrogens with one attached hydrogen (secondary N) is 3. The molecule has 0 bridgehead atoms. The third-order valence-electron chi connectivity index (χ3n) is 7.54. The molecular weight excluding hydrogens is 615 g/mol. The number of hydrogen-bond acceptors (Lipinski definition) is 6. The molecule has 0 aliphatic heterocycles. The number of hydrogen-bond donors (Lipinski definition) is 4. The molecule has 0 heterocycles. The number of amides is 4. The molecule has 0 saturated carbocycles. The smallest absolute Gasteiger partial charge is 0.416 e. The Morgan fingerprint density at radius 1 is 0.957 bits per heavy atom. The van der Waals surface area contributed by atoms with Gasteiger partial charge in [-0.05, 0) is 89.2 Å². The standard InChI is InChI=1S/C34H48F3N5O5/c1-20-10-11-22(21(2)16-20)14-15-42(9)27(32(3,4)5)18-26(29(38)44)40-28(43)19-39-30(45)24-17-23(34(35,36)37)12-13-25(24)41-31(46)47-33(6,7)8/h10-13,16-17,26-27H,14-15,18-19H2,1-9H3,(H2,38,44)(H,39,45)(H,40,43)(H,41,46). The normalized spacial score (nSPS) is 13.5. The van der Waals surface area contributed by atoms with Crippen LogP contribution in [0.4, 0.5) is 23.7 Å². The first-order valence-electron chi connectivity index (χ1n) is 15.3. The molecule has 10 nitrogen and oxygen atoms in total. The van der Waals surface area contributed by atoms with Gasteiger partial charge in [-0.2, -0.15) is 13.2 Å². The van der Waals surface area contributed by atoms with Gasteiger partial charge in [-0.15, -0.1) is 0 Å². The third-order valence-corrected chi connectivity index (χ3v) is 7.54. The Bertz CT molecular complexity index is 1450. The maximum absolute atomic E-state index is 13.4. The fraction of sp³-hybridized carbons (Fsp3) is 0.529. The highest BCUT2D eigenvalue weighted by atomic mass is 19.4. The Labute approximate surface area is 275 Å². The molecule has 2 rings (SSSR count). The molecule has 13 heteroatoms. The van der Waals surface area contributed by atoms with Gasteiger partial charge in [0, 0.05) is 12.6 Å². The lowest BCUT2D eigenvalue weighted by atomic mass is 9.81. The average molecular weight is 664 g/mol. The molecule has 0 aliphatic rings. The second-order valence-corrected chi connectivity index (χ2v) is 13.9. The van der Waals surface area contributed by atoms with Crippen LogP contribution in [0.25, 0.3) is 0 Å². The molecule has 0 fully saturated rings. The van der Waals surface area contributed by atoms with E-state index in [1.807, 2.05) is 34.7 Å². The number of likely N-dealkylation sites (N-methyl/N-ethyl adjacent to an activating group) is 1. The summed E-state index contributed by atoms with van der Waals surface area (Å²) in [6.07, 6.45) is -4.81. The Balaban J connectivity index is 2.16. The van der Waals surface area contributed by atoms with Crippen LogP contribution in [0.1, 0.15) is 80.6 Å². The molecule has 0 saturated heterocycles. The van der Waals surface area contributed by atoms with E-state index < -0.39 is 59.3 Å². The van der Waals surface area contributed by atoms with E-state index in [9.17, 15) is 32.3 Å². The van der Waals surface area contributed by atoms with Gasteiger partial charge in [0.25, 0.3) is 5.91 Å². The number of rotatable bonds is 12. The first kappa shape index (κ1) is 39.1. The summed E-state index contributed by atoms with van der Waals surface area (Å²) >= 11 is 0. The first-order chi connectivity index (χ1) is 21.5. The zero-order chi connectivity index (χ0) is 35.9. The van der Waals surface area contributed by atoms with Gasteiger partial charge in [0.1, 0.15) is 11.6 Å². The van der Waals surface area contributed by atoms with E-state index in [4.69, 9.17) is 10.5 Å². The average Bonchev–Trinajstić information content (AvgIpc) is 2.91. The third kappa shape index (κ3) is 12.5. The summed E-state index contributed by atoms with van der Waals surface area (Å²) in [4.78, 5) is 52.8. The van der Waals surface area contributed by atoms with Crippen LogP contribution < -0.4 is 21.7 Å². The molecule has 5 N–H and O–H groups in total. The molecule has 2 atom stereocenters. The number of carbonyl (C=O) groups excluding carboxylic acids is 4. The predicted octanol–water partition coefficient (Wildman–Crippen LogP) is 5.35. The summed E-state index contributed by atoms with van der Waals surface area (Å²) in [5.74, 6) is -2.61. The van der Waals surface area contributed by atoms with Crippen LogP contribution >= 0.6 is 0 Å². The van der Waals surface area contributed by atoms with Crippen molar-refractivity contribution in [2.75, 3.05) is 25.5 Å². The molecule has 2 aromatic carbocycles. The summed E-state index contributed by atoms with van der Waals surface area (Å²) in [7, 11) is 1.94. The van der Waals surface area contributed by atoms with Gasteiger partial charge in [0.15, 0.2) is 0 Å². The number of nitrogens with zero attached hydrogens (tertiary/aromatic N) is 1. The lowest BCUT2D eigenvalue weighted by Crippen LogP contribution is -2.53. The molecule has 0 spiro atoms. The lowest BCUT2D eigenvalue weighted by molar-refractivity contribution is -0.137. The van der Waals surface area contributed by atoms with Crippen molar-refractivity contribution in [2.24, 2.45) is 11.1 Å². The first-order valence-corrected chi connectivity index (χ1v) is 15.3. The fourth-order valence-corrected chi connectivity index (χ4v) is 5.18. The number of benzene rings is 2. The number of primary amides is 1. The van der Waals surface area contributed by atoms with E-state index in [0.717, 1.165) is 12.5 Å². The highest BCUT2D eigenvalue weighted by molar-refractivity contribution is 6.04. The van der Waals surface area contributed by atoms with Crippen LogP contribution in [-0.4, -0.2) is 66.5 Å². The largest absolute Gasteiger partial charge is 0.444 e. The predicted molar refractivity (Wildman–Crippen MR) is 175 cm³/mol. The van der Waals surface area contributed by atoms with Gasteiger partial charge in [-0.3, -0.25) is 19.7 Å². The molecule has 0 aliphatic carbocycles. The van der Waals surface area contributed by atoms with E-state index in [2.05, 4.69) is 46.0 Å². The van der Waals surface area contributed by atoms with Crippen LogP contribution in [0.15, 0.2) is 36.4 Å². The van der Waals surface area contributed by atoms with Gasteiger partial charge < -0.3 is 26.0 Å². The van der Waals surface area contributed by atoms with Crippen molar-refractivity contribution in [1.29, 1.82) is 0 Å². The van der Waals surface area contributed by atoms with Gasteiger partial charge in [-0.1, -0.05) is 44.5 Å². The van der Waals surface area contributed by atoms with Crippen molar-refractivity contribution >= 4 is 29.5 Å². The van der Waals surface area contributed by atoms with E-state index in [-0.39, 0.29) is 23.6 Å². The molecular formula is C34H48F3N5O5. The van der Waals surface area contributed by atoms with Crippen LogP contribution in [-0.2, 0) is 26.9 Å². The van der Waals surface area contributed by atoms with Crippen molar-refractivity contribution in [3.8, 4) is 0 Å². The summed E-state index contributed by atoms with van der Waals surface area (Å²) in [5, 5.41) is 7.10. The van der Waals surface area contributed by atoms with Crippen LogP contribution in [0.5, 0.6) is 0 Å². The summed E-state index contributed by atoms with van der Waals surface area (Å²) in [5.41, 5.74) is 6.09. The van der Waals surface area contributed by atoms with E-state index >= 15 is 0 Å². The van der Waals surface area contributed by atoms with Crippen molar-refractivity contribution in [3.63, 3.8) is 0 Å². The minimum absolute atomic E-state index is 0.180. The van der Waals surface area contributed by atoms with Gasteiger partial charge in [0.2, 0.25) is 11.8 Å². The summed E-state index contributed by atoms with van der Waals surface area (Å²) < 4.78 is 45.5.